The molecule has 1 amide bonds. The number of hydrogen-bond acceptors (Lipinski definition) is 4. The first-order valence-corrected chi connectivity index (χ1v) is 5.34. The van der Waals surface area contributed by atoms with Crippen molar-refractivity contribution in [3.8, 4) is 0 Å². The number of methoxy groups -OCH3 is 1. The first-order valence-electron chi connectivity index (χ1n) is 5.34. The number of nitrogens with one attached hydrogen (secondary N) is 1. The quantitative estimate of drug-likeness (QED) is 0.579. The van der Waals surface area contributed by atoms with Crippen molar-refractivity contribution in [3.05, 3.63) is 35.9 Å². The Balaban J connectivity index is 2.05. The van der Waals surface area contributed by atoms with Crippen LogP contribution in [-0.4, -0.2) is 33.1 Å². The zero-order valence-corrected chi connectivity index (χ0v) is 9.85. The van der Waals surface area contributed by atoms with Crippen molar-refractivity contribution in [1.82, 2.24) is 5.32 Å². The molecule has 0 heterocycles. The van der Waals surface area contributed by atoms with E-state index in [2.05, 4.69) is 10.1 Å². The highest BCUT2D eigenvalue weighted by molar-refractivity contribution is 5.67. The van der Waals surface area contributed by atoms with Crippen molar-refractivity contribution in [3.63, 3.8) is 0 Å². The zero-order chi connectivity index (χ0) is 12.3. The summed E-state index contributed by atoms with van der Waals surface area (Å²) in [5.74, 6) is 0. The van der Waals surface area contributed by atoms with E-state index in [1.807, 2.05) is 30.3 Å². The van der Waals surface area contributed by atoms with Crippen LogP contribution in [0.1, 0.15) is 5.56 Å². The average Bonchev–Trinajstić information content (AvgIpc) is 2.37. The van der Waals surface area contributed by atoms with Gasteiger partial charge in [-0.2, -0.15) is 0 Å². The van der Waals surface area contributed by atoms with Gasteiger partial charge < -0.3 is 19.5 Å². The van der Waals surface area contributed by atoms with Crippen LogP contribution in [0.2, 0.25) is 0 Å². The van der Waals surface area contributed by atoms with E-state index in [0.717, 1.165) is 5.56 Å². The molecule has 0 aliphatic rings. The molecule has 5 nitrogen and oxygen atoms in total. The Bertz CT molecular complexity index is 316. The van der Waals surface area contributed by atoms with Gasteiger partial charge in [-0.25, -0.2) is 4.79 Å². The summed E-state index contributed by atoms with van der Waals surface area (Å²) < 4.78 is 14.7. The Kier molecular flexibility index (Phi) is 6.78. The molecule has 0 radical (unpaired) electrons. The lowest BCUT2D eigenvalue weighted by Gasteiger charge is -2.07. The number of hydrogen-bond donors (Lipinski definition) is 1. The zero-order valence-electron chi connectivity index (χ0n) is 9.85. The molecular weight excluding hydrogens is 222 g/mol. The number of carbonyl (C=O) groups is 1. The highest BCUT2D eigenvalue weighted by Gasteiger charge is 2.01. The molecule has 0 unspecified atom stereocenters. The van der Waals surface area contributed by atoms with Crippen molar-refractivity contribution >= 4 is 6.09 Å². The highest BCUT2D eigenvalue weighted by atomic mass is 16.7. The second kappa shape index (κ2) is 8.55. The highest BCUT2D eigenvalue weighted by Crippen LogP contribution is 2.00. The second-order valence-electron chi connectivity index (χ2n) is 3.30. The predicted octanol–water partition coefficient (Wildman–Crippen LogP) is 1.53. The molecule has 94 valence electrons. The number of carbonyl (C=O) groups excluding carboxylic acids is 1. The topological polar surface area (TPSA) is 56.8 Å². The van der Waals surface area contributed by atoms with Gasteiger partial charge in [0.25, 0.3) is 0 Å². The lowest BCUT2D eigenvalue weighted by molar-refractivity contribution is -0.0288. The minimum Gasteiger partial charge on any atom is -0.445 e. The lowest BCUT2D eigenvalue weighted by Crippen LogP contribution is -2.28. The van der Waals surface area contributed by atoms with Crippen LogP contribution in [0.25, 0.3) is 0 Å². The van der Waals surface area contributed by atoms with E-state index in [4.69, 9.17) is 9.47 Å². The third-order valence-corrected chi connectivity index (χ3v) is 1.93. The van der Waals surface area contributed by atoms with Gasteiger partial charge in [0.05, 0.1) is 6.61 Å². The number of alkyl carbamates (subject to hydrolysis) is 1. The summed E-state index contributed by atoms with van der Waals surface area (Å²) >= 11 is 0. The van der Waals surface area contributed by atoms with Crippen LogP contribution in [0.15, 0.2) is 30.3 Å². The lowest BCUT2D eigenvalue weighted by atomic mass is 10.2. The number of benzene rings is 1. The van der Waals surface area contributed by atoms with Gasteiger partial charge in [-0.3, -0.25) is 0 Å². The fourth-order valence-corrected chi connectivity index (χ4v) is 1.14. The molecule has 0 saturated heterocycles. The molecular formula is C12H17NO4. The van der Waals surface area contributed by atoms with E-state index in [-0.39, 0.29) is 13.4 Å². The maximum atomic E-state index is 11.2. The Hall–Kier alpha value is -1.59. The SMILES string of the molecule is COCOCCNC(=O)OCc1ccccc1. The molecule has 0 bridgehead atoms. The number of ether oxygens (including phenoxy) is 3. The average molecular weight is 239 g/mol. The largest absolute Gasteiger partial charge is 0.445 e. The molecule has 1 aromatic rings. The van der Waals surface area contributed by atoms with E-state index >= 15 is 0 Å². The van der Waals surface area contributed by atoms with Crippen molar-refractivity contribution in [2.75, 3.05) is 27.1 Å². The van der Waals surface area contributed by atoms with Crippen molar-refractivity contribution in [2.24, 2.45) is 0 Å². The molecule has 1 rings (SSSR count). The summed E-state index contributed by atoms with van der Waals surface area (Å²) in [6, 6.07) is 9.51. The van der Waals surface area contributed by atoms with Gasteiger partial charge in [0.1, 0.15) is 13.4 Å². The maximum Gasteiger partial charge on any atom is 0.407 e. The first-order chi connectivity index (χ1) is 8.33. The van der Waals surface area contributed by atoms with Gasteiger partial charge in [0, 0.05) is 13.7 Å². The fraction of sp³-hybridized carbons (Fsp3) is 0.417. The molecule has 17 heavy (non-hydrogen) atoms. The predicted molar refractivity (Wildman–Crippen MR) is 62.5 cm³/mol. The second-order valence-corrected chi connectivity index (χ2v) is 3.30. The molecule has 0 fully saturated rings. The van der Waals surface area contributed by atoms with Gasteiger partial charge in [-0.1, -0.05) is 30.3 Å². The molecule has 0 atom stereocenters. The van der Waals surface area contributed by atoms with E-state index in [1.165, 1.54) is 0 Å². The van der Waals surface area contributed by atoms with Gasteiger partial charge in [0.15, 0.2) is 0 Å². The molecule has 0 aliphatic heterocycles. The summed E-state index contributed by atoms with van der Waals surface area (Å²) in [6.45, 7) is 1.29. The van der Waals surface area contributed by atoms with Gasteiger partial charge in [0.2, 0.25) is 0 Å². The summed E-state index contributed by atoms with van der Waals surface area (Å²) in [4.78, 5) is 11.2. The molecule has 0 aromatic heterocycles. The van der Waals surface area contributed by atoms with E-state index in [1.54, 1.807) is 7.11 Å². The van der Waals surface area contributed by atoms with E-state index in [0.29, 0.717) is 13.2 Å². The number of amides is 1. The van der Waals surface area contributed by atoms with Crippen LogP contribution >= 0.6 is 0 Å². The third kappa shape index (κ3) is 6.55. The van der Waals surface area contributed by atoms with Crippen molar-refractivity contribution in [2.45, 2.75) is 6.61 Å². The van der Waals surface area contributed by atoms with Crippen molar-refractivity contribution < 1.29 is 19.0 Å². The van der Waals surface area contributed by atoms with E-state index < -0.39 is 6.09 Å². The normalized spacial score (nSPS) is 9.94. The van der Waals surface area contributed by atoms with Crippen LogP contribution in [0.5, 0.6) is 0 Å². The molecule has 1 N–H and O–H groups in total. The summed E-state index contributed by atoms with van der Waals surface area (Å²) in [5.41, 5.74) is 0.957. The number of rotatable bonds is 7. The van der Waals surface area contributed by atoms with Crippen LogP contribution in [-0.2, 0) is 20.8 Å². The Morgan fingerprint density at radius 3 is 2.76 bits per heavy atom. The Labute approximate surface area is 101 Å². The summed E-state index contributed by atoms with van der Waals surface area (Å²) in [6.07, 6.45) is -0.449. The fourth-order valence-electron chi connectivity index (χ4n) is 1.14. The third-order valence-electron chi connectivity index (χ3n) is 1.93. The standard InChI is InChI=1S/C12H17NO4/c1-15-10-16-8-7-13-12(14)17-9-11-5-3-2-4-6-11/h2-6H,7-10H2,1H3,(H,13,14). The first kappa shape index (κ1) is 13.5. The van der Waals surface area contributed by atoms with Crippen LogP contribution in [0, 0.1) is 0 Å². The van der Waals surface area contributed by atoms with Crippen LogP contribution in [0.4, 0.5) is 4.79 Å². The monoisotopic (exact) mass is 239 g/mol. The minimum absolute atomic E-state index is 0.223. The molecule has 1 aromatic carbocycles. The van der Waals surface area contributed by atoms with E-state index in [9.17, 15) is 4.79 Å². The minimum atomic E-state index is -0.449. The Morgan fingerprint density at radius 1 is 1.29 bits per heavy atom. The molecule has 0 spiro atoms. The molecule has 5 heteroatoms. The summed E-state index contributed by atoms with van der Waals surface area (Å²) in [5, 5.41) is 2.57. The van der Waals surface area contributed by atoms with Gasteiger partial charge in [-0.05, 0) is 5.56 Å². The molecule has 0 saturated carbocycles. The van der Waals surface area contributed by atoms with Crippen LogP contribution in [0.3, 0.4) is 0 Å². The van der Waals surface area contributed by atoms with Crippen LogP contribution < -0.4 is 5.32 Å². The molecule has 0 aliphatic carbocycles. The van der Waals surface area contributed by atoms with Gasteiger partial charge >= 0.3 is 6.09 Å². The Morgan fingerprint density at radius 2 is 2.06 bits per heavy atom. The maximum absolute atomic E-state index is 11.2. The van der Waals surface area contributed by atoms with Gasteiger partial charge in [-0.15, -0.1) is 0 Å². The summed E-state index contributed by atoms with van der Waals surface area (Å²) in [7, 11) is 1.54. The van der Waals surface area contributed by atoms with Crippen molar-refractivity contribution in [1.29, 1.82) is 0 Å². The smallest absolute Gasteiger partial charge is 0.407 e.